The number of benzene rings is 1. The molecular weight excluding hydrogens is 403 g/mol. The van der Waals surface area contributed by atoms with Gasteiger partial charge < -0.3 is 0 Å². The molecule has 1 aliphatic heterocycles. The summed E-state index contributed by atoms with van der Waals surface area (Å²) in [5.74, 6) is -0.304. The van der Waals surface area contributed by atoms with Crippen LogP contribution in [-0.4, -0.2) is 52.8 Å². The highest BCUT2D eigenvalue weighted by atomic mass is 32.2. The van der Waals surface area contributed by atoms with Crippen molar-refractivity contribution in [1.82, 2.24) is 29.3 Å². The highest BCUT2D eigenvalue weighted by Gasteiger charge is 2.23. The zero-order valence-electron chi connectivity index (χ0n) is 16.5. The number of rotatable bonds is 4. The third-order valence-electron chi connectivity index (χ3n) is 5.59. The second kappa shape index (κ2) is 7.73. The fourth-order valence-corrected chi connectivity index (χ4v) is 4.67. The minimum absolute atomic E-state index is 0.269. The number of halogens is 1. The van der Waals surface area contributed by atoms with E-state index in [-0.39, 0.29) is 11.9 Å². The summed E-state index contributed by atoms with van der Waals surface area (Å²) in [5, 5.41) is 12.0. The molecule has 0 aliphatic carbocycles. The molecule has 7 nitrogen and oxygen atoms in total. The quantitative estimate of drug-likeness (QED) is 0.543. The number of nitrogens with one attached hydrogen (secondary N) is 1. The molecule has 1 atom stereocenters. The first-order valence-electron chi connectivity index (χ1n) is 9.83. The summed E-state index contributed by atoms with van der Waals surface area (Å²) in [6.45, 7) is 1.59. The molecule has 0 radical (unpaired) electrons. The van der Waals surface area contributed by atoms with Crippen LogP contribution in [-0.2, 0) is 11.0 Å². The average molecular weight is 425 g/mol. The lowest BCUT2D eigenvalue weighted by atomic mass is 10.1. The molecule has 1 aromatic carbocycles. The molecule has 1 fully saturated rings. The molecule has 1 aliphatic rings. The summed E-state index contributed by atoms with van der Waals surface area (Å²) in [5.41, 5.74) is 4.06. The predicted molar refractivity (Wildman–Crippen MR) is 114 cm³/mol. The van der Waals surface area contributed by atoms with Crippen molar-refractivity contribution in [2.24, 2.45) is 0 Å². The Kier molecular flexibility index (Phi) is 4.92. The number of aromatic amines is 1. The van der Waals surface area contributed by atoms with Gasteiger partial charge in [0.15, 0.2) is 0 Å². The zero-order chi connectivity index (χ0) is 20.7. The number of hydrogen-bond donors (Lipinski definition) is 1. The molecule has 1 N–H and O–H groups in total. The summed E-state index contributed by atoms with van der Waals surface area (Å²) in [7, 11) is -0.924. The molecule has 1 unspecified atom stereocenters. The highest BCUT2D eigenvalue weighted by molar-refractivity contribution is 7.81. The number of H-pyrrole nitrogens is 1. The van der Waals surface area contributed by atoms with Gasteiger partial charge in [0.25, 0.3) is 0 Å². The third-order valence-corrected chi connectivity index (χ3v) is 6.69. The Balaban J connectivity index is 1.45. The topological polar surface area (TPSA) is 79.7 Å². The van der Waals surface area contributed by atoms with Crippen molar-refractivity contribution in [1.29, 1.82) is 0 Å². The molecule has 0 bridgehead atoms. The average Bonchev–Trinajstić information content (AvgIpc) is 3.41. The number of hydrogen-bond acceptors (Lipinski definition) is 4. The second-order valence-electron chi connectivity index (χ2n) is 7.44. The van der Waals surface area contributed by atoms with Crippen LogP contribution in [0.3, 0.4) is 0 Å². The van der Waals surface area contributed by atoms with Gasteiger partial charge in [-0.1, -0.05) is 12.1 Å². The van der Waals surface area contributed by atoms with E-state index in [0.29, 0.717) is 22.5 Å². The van der Waals surface area contributed by atoms with E-state index in [9.17, 15) is 8.60 Å². The number of nitrogens with zero attached hydrogens (tertiary/aromatic N) is 5. The van der Waals surface area contributed by atoms with Crippen LogP contribution >= 0.6 is 0 Å². The molecule has 30 heavy (non-hydrogen) atoms. The SMILES string of the molecule is CS(=O)N1CCC(n2cc(-c3n[nH]c4ccc(-c5ccccc5F)nc34)cn2)CC1. The van der Waals surface area contributed by atoms with E-state index in [4.69, 9.17) is 0 Å². The van der Waals surface area contributed by atoms with Crippen molar-refractivity contribution in [3.05, 3.63) is 54.6 Å². The van der Waals surface area contributed by atoms with Crippen LogP contribution in [0, 0.1) is 5.82 Å². The van der Waals surface area contributed by atoms with Crippen LogP contribution in [0.5, 0.6) is 0 Å². The lowest BCUT2D eigenvalue weighted by Gasteiger charge is -2.29. The van der Waals surface area contributed by atoms with Gasteiger partial charge in [0, 0.05) is 36.7 Å². The molecule has 5 rings (SSSR count). The number of fused-ring (bicyclic) bond motifs is 1. The zero-order valence-corrected chi connectivity index (χ0v) is 17.3. The van der Waals surface area contributed by atoms with Crippen LogP contribution < -0.4 is 0 Å². The van der Waals surface area contributed by atoms with Gasteiger partial charge in [-0.2, -0.15) is 10.2 Å². The Labute approximate surface area is 175 Å². The molecule has 154 valence electrons. The Morgan fingerprint density at radius 2 is 1.97 bits per heavy atom. The van der Waals surface area contributed by atoms with E-state index in [0.717, 1.165) is 37.0 Å². The second-order valence-corrected chi connectivity index (χ2v) is 8.80. The standard InChI is InChI=1S/C21H21FN6OS/c1-30(29)27-10-8-15(9-11-27)28-13-14(12-23-28)20-21-19(25-26-20)7-6-18(24-21)16-4-2-3-5-17(16)22/h2-7,12-13,15H,8-11H2,1H3,(H,25,26). The van der Waals surface area contributed by atoms with Crippen LogP contribution in [0.15, 0.2) is 48.8 Å². The first kappa shape index (κ1) is 19.1. The maximum absolute atomic E-state index is 14.2. The van der Waals surface area contributed by atoms with Crippen LogP contribution in [0.25, 0.3) is 33.5 Å². The molecule has 4 heterocycles. The van der Waals surface area contributed by atoms with Crippen LogP contribution in [0.1, 0.15) is 18.9 Å². The molecule has 1 saturated heterocycles. The van der Waals surface area contributed by atoms with Crippen molar-refractivity contribution < 1.29 is 8.60 Å². The van der Waals surface area contributed by atoms with Crippen molar-refractivity contribution in [2.45, 2.75) is 18.9 Å². The summed E-state index contributed by atoms with van der Waals surface area (Å²) < 4.78 is 29.8. The third kappa shape index (κ3) is 3.44. The van der Waals surface area contributed by atoms with Gasteiger partial charge in [0.2, 0.25) is 0 Å². The minimum atomic E-state index is -0.924. The maximum Gasteiger partial charge on any atom is 0.132 e. The van der Waals surface area contributed by atoms with Crippen molar-refractivity contribution >= 4 is 22.0 Å². The number of aromatic nitrogens is 5. The van der Waals surface area contributed by atoms with Gasteiger partial charge in [0.05, 0.1) is 34.4 Å². The first-order valence-corrected chi connectivity index (χ1v) is 11.3. The van der Waals surface area contributed by atoms with Crippen molar-refractivity contribution in [2.75, 3.05) is 19.3 Å². The molecule has 0 spiro atoms. The van der Waals surface area contributed by atoms with Gasteiger partial charge in [-0.05, 0) is 37.1 Å². The minimum Gasteiger partial charge on any atom is -0.276 e. The lowest BCUT2D eigenvalue weighted by Crippen LogP contribution is -2.35. The van der Waals surface area contributed by atoms with E-state index in [2.05, 4.69) is 20.3 Å². The predicted octanol–water partition coefficient (Wildman–Crippen LogP) is 3.56. The largest absolute Gasteiger partial charge is 0.276 e. The Bertz CT molecular complexity index is 1230. The molecular formula is C21H21FN6OS. The Morgan fingerprint density at radius 1 is 1.17 bits per heavy atom. The van der Waals surface area contributed by atoms with Gasteiger partial charge in [-0.3, -0.25) is 9.78 Å². The molecule has 4 aromatic rings. The van der Waals surface area contributed by atoms with E-state index in [1.54, 1.807) is 36.7 Å². The Hall–Kier alpha value is -2.91. The Morgan fingerprint density at radius 3 is 2.73 bits per heavy atom. The first-order chi connectivity index (χ1) is 14.6. The molecule has 0 saturated carbocycles. The summed E-state index contributed by atoms with van der Waals surface area (Å²) >= 11 is 0. The number of piperidine rings is 1. The fraction of sp³-hybridized carbons (Fsp3) is 0.286. The highest BCUT2D eigenvalue weighted by Crippen LogP contribution is 2.30. The van der Waals surface area contributed by atoms with Crippen molar-refractivity contribution in [3.63, 3.8) is 0 Å². The lowest BCUT2D eigenvalue weighted by molar-refractivity contribution is 0.270. The number of pyridine rings is 1. The van der Waals surface area contributed by atoms with Crippen LogP contribution in [0.2, 0.25) is 0 Å². The normalized spacial score (nSPS) is 16.9. The maximum atomic E-state index is 14.2. The summed E-state index contributed by atoms with van der Waals surface area (Å²) in [4.78, 5) is 4.68. The van der Waals surface area contributed by atoms with Gasteiger partial charge in [0.1, 0.15) is 17.0 Å². The van der Waals surface area contributed by atoms with E-state index < -0.39 is 11.0 Å². The monoisotopic (exact) mass is 424 g/mol. The van der Waals surface area contributed by atoms with E-state index in [1.165, 1.54) is 6.07 Å². The van der Waals surface area contributed by atoms with Crippen LogP contribution in [0.4, 0.5) is 4.39 Å². The van der Waals surface area contributed by atoms with E-state index in [1.807, 2.05) is 21.3 Å². The summed E-state index contributed by atoms with van der Waals surface area (Å²) in [6, 6.07) is 10.5. The van der Waals surface area contributed by atoms with E-state index >= 15 is 0 Å². The molecule has 3 aromatic heterocycles. The van der Waals surface area contributed by atoms with Gasteiger partial charge in [-0.25, -0.2) is 17.9 Å². The van der Waals surface area contributed by atoms with Gasteiger partial charge in [-0.15, -0.1) is 0 Å². The molecule has 9 heteroatoms. The van der Waals surface area contributed by atoms with Gasteiger partial charge >= 0.3 is 0 Å². The molecule has 0 amide bonds. The smallest absolute Gasteiger partial charge is 0.132 e. The fourth-order valence-electron chi connectivity index (χ4n) is 3.94. The summed E-state index contributed by atoms with van der Waals surface area (Å²) in [6.07, 6.45) is 7.29. The van der Waals surface area contributed by atoms with Crippen molar-refractivity contribution in [3.8, 4) is 22.5 Å².